The Kier molecular flexibility index (Phi) is 9.99. The number of hydrogen-bond donors (Lipinski definition) is 1. The molecule has 0 saturated carbocycles. The first-order chi connectivity index (χ1) is 6.32. The number of likely N-dealkylation sites (N-methyl/N-ethyl adjacent to an activating group) is 1. The summed E-state index contributed by atoms with van der Waals surface area (Å²) in [5, 5.41) is 2.80. The van der Waals surface area contributed by atoms with Gasteiger partial charge >= 0.3 is 0 Å². The molecule has 84 valence electrons. The molecule has 0 rings (SSSR count). The van der Waals surface area contributed by atoms with Crippen molar-refractivity contribution >= 4 is 11.6 Å². The summed E-state index contributed by atoms with van der Waals surface area (Å²) < 4.78 is 0. The SMILES string of the molecule is CC(=O)C(C)C.CNCC(=O)C(C)C. The van der Waals surface area contributed by atoms with Gasteiger partial charge in [-0.25, -0.2) is 0 Å². The molecule has 0 aromatic heterocycles. The lowest BCUT2D eigenvalue weighted by atomic mass is 10.1. The van der Waals surface area contributed by atoms with Crippen molar-refractivity contribution in [2.24, 2.45) is 11.8 Å². The number of Topliss-reactive ketones (excluding diaryl/α,β-unsaturated/α-hetero) is 2. The fraction of sp³-hybridized carbons (Fsp3) is 0.818. The molecule has 0 aliphatic rings. The topological polar surface area (TPSA) is 46.2 Å². The third-order valence-electron chi connectivity index (χ3n) is 1.81. The van der Waals surface area contributed by atoms with Crippen molar-refractivity contribution in [1.29, 1.82) is 0 Å². The Balaban J connectivity index is 0. The Bertz CT molecular complexity index is 174. The van der Waals surface area contributed by atoms with E-state index in [1.165, 1.54) is 0 Å². The van der Waals surface area contributed by atoms with E-state index in [1.807, 2.05) is 27.7 Å². The lowest BCUT2D eigenvalue weighted by Crippen LogP contribution is -2.22. The van der Waals surface area contributed by atoms with E-state index in [4.69, 9.17) is 0 Å². The van der Waals surface area contributed by atoms with E-state index in [0.29, 0.717) is 6.54 Å². The zero-order chi connectivity index (χ0) is 11.7. The minimum atomic E-state index is 0.169. The number of ketones is 2. The zero-order valence-electron chi connectivity index (χ0n) is 10.2. The summed E-state index contributed by atoms with van der Waals surface area (Å²) in [4.78, 5) is 20.8. The smallest absolute Gasteiger partial charge is 0.149 e. The van der Waals surface area contributed by atoms with Gasteiger partial charge in [-0.2, -0.15) is 0 Å². The Labute approximate surface area is 87.3 Å². The summed E-state index contributed by atoms with van der Waals surface area (Å²) in [6, 6.07) is 0. The average Bonchev–Trinajstić information content (AvgIpc) is 2.05. The molecule has 0 aromatic carbocycles. The highest BCUT2D eigenvalue weighted by Gasteiger charge is 2.03. The average molecular weight is 201 g/mol. The first kappa shape index (κ1) is 15.8. The van der Waals surface area contributed by atoms with E-state index in [9.17, 15) is 9.59 Å². The van der Waals surface area contributed by atoms with Crippen molar-refractivity contribution in [2.45, 2.75) is 34.6 Å². The van der Waals surface area contributed by atoms with Crippen LogP contribution in [0.15, 0.2) is 0 Å². The minimum absolute atomic E-state index is 0.169. The van der Waals surface area contributed by atoms with E-state index < -0.39 is 0 Å². The Hall–Kier alpha value is -0.700. The van der Waals surface area contributed by atoms with Crippen molar-refractivity contribution in [3.8, 4) is 0 Å². The van der Waals surface area contributed by atoms with Crippen LogP contribution in [-0.2, 0) is 9.59 Å². The van der Waals surface area contributed by atoms with Crippen LogP contribution >= 0.6 is 0 Å². The lowest BCUT2D eigenvalue weighted by Gasteiger charge is -2.00. The predicted octanol–water partition coefficient (Wildman–Crippen LogP) is 1.66. The highest BCUT2D eigenvalue weighted by molar-refractivity contribution is 5.82. The number of nitrogens with one attached hydrogen (secondary N) is 1. The van der Waals surface area contributed by atoms with E-state index >= 15 is 0 Å². The van der Waals surface area contributed by atoms with E-state index in [2.05, 4.69) is 5.32 Å². The molecule has 3 nitrogen and oxygen atoms in total. The molecule has 0 amide bonds. The van der Waals surface area contributed by atoms with Crippen LogP contribution in [0.2, 0.25) is 0 Å². The number of carbonyl (C=O) groups excluding carboxylic acids is 2. The molecule has 0 radical (unpaired) electrons. The first-order valence-corrected chi connectivity index (χ1v) is 5.00. The van der Waals surface area contributed by atoms with Gasteiger partial charge in [0.15, 0.2) is 0 Å². The van der Waals surface area contributed by atoms with E-state index in [1.54, 1.807) is 14.0 Å². The first-order valence-electron chi connectivity index (χ1n) is 5.00. The maximum absolute atomic E-state index is 10.7. The second-order valence-electron chi connectivity index (χ2n) is 3.92. The van der Waals surface area contributed by atoms with Crippen molar-refractivity contribution in [3.63, 3.8) is 0 Å². The largest absolute Gasteiger partial charge is 0.313 e. The van der Waals surface area contributed by atoms with Gasteiger partial charge in [-0.1, -0.05) is 27.7 Å². The van der Waals surface area contributed by atoms with Gasteiger partial charge in [-0.15, -0.1) is 0 Å². The molecule has 0 fully saturated rings. The molecule has 0 aliphatic carbocycles. The summed E-state index contributed by atoms with van der Waals surface area (Å²) in [5.74, 6) is 0.912. The van der Waals surface area contributed by atoms with Crippen LogP contribution in [0.1, 0.15) is 34.6 Å². The van der Waals surface area contributed by atoms with Gasteiger partial charge in [-0.05, 0) is 14.0 Å². The molecule has 0 aliphatic heterocycles. The molecule has 1 N–H and O–H groups in total. The summed E-state index contributed by atoms with van der Waals surface area (Å²) in [5.41, 5.74) is 0. The van der Waals surface area contributed by atoms with E-state index in [-0.39, 0.29) is 23.4 Å². The Morgan fingerprint density at radius 1 is 1.07 bits per heavy atom. The van der Waals surface area contributed by atoms with Crippen LogP contribution in [0.4, 0.5) is 0 Å². The number of carbonyl (C=O) groups is 2. The molecule has 0 heterocycles. The molecular weight excluding hydrogens is 178 g/mol. The molecular formula is C11H23NO2. The Morgan fingerprint density at radius 3 is 1.50 bits per heavy atom. The fourth-order valence-electron chi connectivity index (χ4n) is 0.378. The van der Waals surface area contributed by atoms with Gasteiger partial charge in [0.2, 0.25) is 0 Å². The molecule has 0 unspecified atom stereocenters. The maximum atomic E-state index is 10.7. The minimum Gasteiger partial charge on any atom is -0.313 e. The standard InChI is InChI=1S/C6H13NO.C5H10O/c1-5(2)6(8)4-7-3;1-4(2)5(3)6/h5,7H,4H2,1-3H3;4H,1-3H3. The highest BCUT2D eigenvalue weighted by Crippen LogP contribution is 1.90. The fourth-order valence-corrected chi connectivity index (χ4v) is 0.378. The van der Waals surface area contributed by atoms with Crippen LogP contribution in [0.5, 0.6) is 0 Å². The van der Waals surface area contributed by atoms with Crippen molar-refractivity contribution in [2.75, 3.05) is 13.6 Å². The monoisotopic (exact) mass is 201 g/mol. The number of hydrogen-bond acceptors (Lipinski definition) is 3. The summed E-state index contributed by atoms with van der Waals surface area (Å²) in [6.07, 6.45) is 0. The van der Waals surface area contributed by atoms with Gasteiger partial charge in [0.25, 0.3) is 0 Å². The summed E-state index contributed by atoms with van der Waals surface area (Å²) in [6.45, 7) is 9.69. The van der Waals surface area contributed by atoms with Gasteiger partial charge in [0, 0.05) is 11.8 Å². The van der Waals surface area contributed by atoms with Gasteiger partial charge < -0.3 is 5.32 Å². The van der Waals surface area contributed by atoms with Crippen LogP contribution in [0.25, 0.3) is 0 Å². The lowest BCUT2D eigenvalue weighted by molar-refractivity contribution is -0.121. The molecule has 0 saturated heterocycles. The quantitative estimate of drug-likeness (QED) is 0.752. The summed E-state index contributed by atoms with van der Waals surface area (Å²) >= 11 is 0. The van der Waals surface area contributed by atoms with Crippen molar-refractivity contribution < 1.29 is 9.59 Å². The molecule has 0 atom stereocenters. The normalized spacial score (nSPS) is 9.71. The van der Waals surface area contributed by atoms with Crippen molar-refractivity contribution in [1.82, 2.24) is 5.32 Å². The third-order valence-corrected chi connectivity index (χ3v) is 1.81. The third kappa shape index (κ3) is 11.3. The number of rotatable bonds is 4. The maximum Gasteiger partial charge on any atom is 0.149 e. The zero-order valence-corrected chi connectivity index (χ0v) is 10.2. The Morgan fingerprint density at radius 2 is 1.43 bits per heavy atom. The predicted molar refractivity (Wildman–Crippen MR) is 59.3 cm³/mol. The molecule has 0 aromatic rings. The van der Waals surface area contributed by atoms with Crippen LogP contribution in [-0.4, -0.2) is 25.2 Å². The molecule has 0 bridgehead atoms. The van der Waals surface area contributed by atoms with Crippen LogP contribution < -0.4 is 5.32 Å². The molecule has 14 heavy (non-hydrogen) atoms. The van der Waals surface area contributed by atoms with Gasteiger partial charge in [0.1, 0.15) is 11.6 Å². The van der Waals surface area contributed by atoms with Gasteiger partial charge in [0.05, 0.1) is 6.54 Å². The van der Waals surface area contributed by atoms with Crippen molar-refractivity contribution in [3.05, 3.63) is 0 Å². The van der Waals surface area contributed by atoms with Gasteiger partial charge in [-0.3, -0.25) is 9.59 Å². The van der Waals surface area contributed by atoms with Crippen LogP contribution in [0.3, 0.4) is 0 Å². The second kappa shape index (κ2) is 8.88. The van der Waals surface area contributed by atoms with Crippen LogP contribution in [0, 0.1) is 11.8 Å². The van der Waals surface area contributed by atoms with E-state index in [0.717, 1.165) is 0 Å². The molecule has 3 heteroatoms. The highest BCUT2D eigenvalue weighted by atomic mass is 16.1. The second-order valence-corrected chi connectivity index (χ2v) is 3.92. The summed E-state index contributed by atoms with van der Waals surface area (Å²) in [7, 11) is 1.78. The molecule has 0 spiro atoms.